The molecule has 0 aromatic rings. The van der Waals surface area contributed by atoms with E-state index in [0.717, 1.165) is 24.0 Å². The van der Waals surface area contributed by atoms with Gasteiger partial charge in [0.25, 0.3) is 0 Å². The minimum Gasteiger partial charge on any atom is -0.411 e. The first-order chi connectivity index (χ1) is 5.57. The molecule has 68 valence electrons. The molecule has 2 nitrogen and oxygen atoms in total. The Labute approximate surface area is 73.7 Å². The second kappa shape index (κ2) is 2.24. The molecular weight excluding hydrogens is 150 g/mol. The van der Waals surface area contributed by atoms with Crippen LogP contribution < -0.4 is 0 Å². The third-order valence-electron chi connectivity index (χ3n) is 4.02. The van der Waals surface area contributed by atoms with E-state index in [0.29, 0.717) is 11.3 Å². The average Bonchev–Trinajstić information content (AvgIpc) is 2.52. The van der Waals surface area contributed by atoms with Gasteiger partial charge in [-0.15, -0.1) is 0 Å². The SMILES string of the molecule is C[C@H]1C[C@H]2[C@@H](CC1=NO)C2(C)C. The van der Waals surface area contributed by atoms with Crippen LogP contribution in [0.15, 0.2) is 5.16 Å². The zero-order valence-corrected chi connectivity index (χ0v) is 8.04. The van der Waals surface area contributed by atoms with Gasteiger partial charge >= 0.3 is 0 Å². The molecule has 0 saturated heterocycles. The van der Waals surface area contributed by atoms with Gasteiger partial charge in [-0.05, 0) is 36.0 Å². The molecule has 0 aromatic heterocycles. The first kappa shape index (κ1) is 8.09. The van der Waals surface area contributed by atoms with Gasteiger partial charge < -0.3 is 5.21 Å². The van der Waals surface area contributed by atoms with Crippen LogP contribution in [-0.4, -0.2) is 10.9 Å². The Morgan fingerprint density at radius 1 is 1.42 bits per heavy atom. The van der Waals surface area contributed by atoms with Crippen LogP contribution in [0.2, 0.25) is 0 Å². The molecule has 12 heavy (non-hydrogen) atoms. The van der Waals surface area contributed by atoms with Crippen molar-refractivity contribution in [3.05, 3.63) is 0 Å². The van der Waals surface area contributed by atoms with Gasteiger partial charge in [0.05, 0.1) is 5.71 Å². The molecule has 0 heterocycles. The normalized spacial score (nSPS) is 47.2. The van der Waals surface area contributed by atoms with Crippen LogP contribution in [0.4, 0.5) is 0 Å². The lowest BCUT2D eigenvalue weighted by Crippen LogP contribution is -2.17. The summed E-state index contributed by atoms with van der Waals surface area (Å²) >= 11 is 0. The van der Waals surface area contributed by atoms with Crippen molar-refractivity contribution in [3.63, 3.8) is 0 Å². The largest absolute Gasteiger partial charge is 0.411 e. The second-order valence-corrected chi connectivity index (χ2v) is 4.97. The summed E-state index contributed by atoms with van der Waals surface area (Å²) in [5.41, 5.74) is 1.53. The maximum absolute atomic E-state index is 8.76. The Morgan fingerprint density at radius 3 is 2.67 bits per heavy atom. The molecule has 0 spiro atoms. The maximum Gasteiger partial charge on any atom is 0.0602 e. The lowest BCUT2D eigenvalue weighted by Gasteiger charge is -2.17. The smallest absolute Gasteiger partial charge is 0.0602 e. The lowest BCUT2D eigenvalue weighted by atomic mass is 9.89. The van der Waals surface area contributed by atoms with E-state index in [9.17, 15) is 0 Å². The van der Waals surface area contributed by atoms with Crippen molar-refractivity contribution in [1.82, 2.24) is 0 Å². The first-order valence-electron chi connectivity index (χ1n) is 4.78. The Hall–Kier alpha value is -0.530. The van der Waals surface area contributed by atoms with Gasteiger partial charge in [0.1, 0.15) is 0 Å². The van der Waals surface area contributed by atoms with Gasteiger partial charge in [-0.2, -0.15) is 0 Å². The highest BCUT2D eigenvalue weighted by atomic mass is 16.4. The Bertz CT molecular complexity index is 232. The maximum atomic E-state index is 8.76. The molecule has 0 aromatic carbocycles. The summed E-state index contributed by atoms with van der Waals surface area (Å²) in [4.78, 5) is 0. The predicted molar refractivity (Wildman–Crippen MR) is 48.4 cm³/mol. The third-order valence-corrected chi connectivity index (χ3v) is 4.02. The highest BCUT2D eigenvalue weighted by molar-refractivity contribution is 5.87. The summed E-state index contributed by atoms with van der Waals surface area (Å²) in [6, 6.07) is 0. The first-order valence-corrected chi connectivity index (χ1v) is 4.78. The number of hydrogen-bond donors (Lipinski definition) is 1. The van der Waals surface area contributed by atoms with Gasteiger partial charge in [-0.3, -0.25) is 0 Å². The summed E-state index contributed by atoms with van der Waals surface area (Å²) in [7, 11) is 0. The predicted octanol–water partition coefficient (Wildman–Crippen LogP) is 2.52. The Kier molecular flexibility index (Phi) is 1.51. The molecule has 2 fully saturated rings. The van der Waals surface area contributed by atoms with Crippen molar-refractivity contribution in [2.45, 2.75) is 33.6 Å². The van der Waals surface area contributed by atoms with Crippen molar-refractivity contribution in [2.75, 3.05) is 0 Å². The molecule has 1 N–H and O–H groups in total. The molecule has 2 rings (SSSR count). The standard InChI is InChI=1S/C10H17NO/c1-6-4-7-8(10(7,2)3)5-9(6)11-12/h6-8,12H,4-5H2,1-3H3/t6-,7-,8+/m0/s1. The topological polar surface area (TPSA) is 32.6 Å². The van der Waals surface area contributed by atoms with E-state index >= 15 is 0 Å². The van der Waals surface area contributed by atoms with Crippen LogP contribution >= 0.6 is 0 Å². The zero-order valence-electron chi connectivity index (χ0n) is 8.04. The van der Waals surface area contributed by atoms with Gasteiger partial charge in [0.2, 0.25) is 0 Å². The molecule has 2 saturated carbocycles. The quantitative estimate of drug-likeness (QED) is 0.436. The van der Waals surface area contributed by atoms with Crippen LogP contribution in [0, 0.1) is 23.2 Å². The van der Waals surface area contributed by atoms with E-state index in [1.54, 1.807) is 0 Å². The molecule has 0 unspecified atom stereocenters. The van der Waals surface area contributed by atoms with Gasteiger partial charge in [-0.25, -0.2) is 0 Å². The number of rotatable bonds is 0. The van der Waals surface area contributed by atoms with Gasteiger partial charge in [0, 0.05) is 0 Å². The summed E-state index contributed by atoms with van der Waals surface area (Å²) in [5.74, 6) is 2.18. The van der Waals surface area contributed by atoms with Crippen molar-refractivity contribution < 1.29 is 5.21 Å². The van der Waals surface area contributed by atoms with Crippen LogP contribution in [-0.2, 0) is 0 Å². The van der Waals surface area contributed by atoms with E-state index in [1.165, 1.54) is 6.42 Å². The zero-order chi connectivity index (χ0) is 8.93. The monoisotopic (exact) mass is 167 g/mol. The summed E-state index contributed by atoms with van der Waals surface area (Å²) in [5, 5.41) is 12.1. The molecule has 0 aliphatic heterocycles. The second-order valence-electron chi connectivity index (χ2n) is 4.97. The fourth-order valence-corrected chi connectivity index (χ4v) is 2.81. The van der Waals surface area contributed by atoms with E-state index in [2.05, 4.69) is 25.9 Å². The van der Waals surface area contributed by atoms with Gasteiger partial charge in [-0.1, -0.05) is 25.9 Å². The molecular formula is C10H17NO. The third kappa shape index (κ3) is 0.900. The highest BCUT2D eigenvalue weighted by Gasteiger charge is 2.60. The highest BCUT2D eigenvalue weighted by Crippen LogP contribution is 2.65. The number of oxime groups is 1. The van der Waals surface area contributed by atoms with E-state index < -0.39 is 0 Å². The minimum atomic E-state index is 0.498. The molecule has 0 bridgehead atoms. The van der Waals surface area contributed by atoms with Gasteiger partial charge in [0.15, 0.2) is 0 Å². The average molecular weight is 167 g/mol. The molecule has 0 radical (unpaired) electrons. The molecule has 2 aliphatic rings. The van der Waals surface area contributed by atoms with Crippen molar-refractivity contribution in [2.24, 2.45) is 28.3 Å². The Balaban J connectivity index is 2.13. The molecule has 2 aliphatic carbocycles. The van der Waals surface area contributed by atoms with E-state index in [1.807, 2.05) is 0 Å². The Morgan fingerprint density at radius 2 is 2.08 bits per heavy atom. The number of nitrogens with zero attached hydrogens (tertiary/aromatic N) is 1. The molecule has 0 amide bonds. The van der Waals surface area contributed by atoms with E-state index in [-0.39, 0.29) is 0 Å². The van der Waals surface area contributed by atoms with Crippen LogP contribution in [0.1, 0.15) is 33.6 Å². The van der Waals surface area contributed by atoms with Crippen LogP contribution in [0.25, 0.3) is 0 Å². The summed E-state index contributed by atoms with van der Waals surface area (Å²) in [6.45, 7) is 6.82. The van der Waals surface area contributed by atoms with Crippen molar-refractivity contribution >= 4 is 5.71 Å². The molecule has 2 heteroatoms. The lowest BCUT2D eigenvalue weighted by molar-refractivity contribution is 0.309. The van der Waals surface area contributed by atoms with Crippen LogP contribution in [0.3, 0.4) is 0 Å². The van der Waals surface area contributed by atoms with E-state index in [4.69, 9.17) is 5.21 Å². The number of fused-ring (bicyclic) bond motifs is 1. The van der Waals surface area contributed by atoms with Crippen molar-refractivity contribution in [1.29, 1.82) is 0 Å². The van der Waals surface area contributed by atoms with Crippen molar-refractivity contribution in [3.8, 4) is 0 Å². The number of hydrogen-bond acceptors (Lipinski definition) is 2. The fraction of sp³-hybridized carbons (Fsp3) is 0.900. The summed E-state index contributed by atoms with van der Waals surface area (Å²) in [6.07, 6.45) is 2.24. The summed E-state index contributed by atoms with van der Waals surface area (Å²) < 4.78 is 0. The fourth-order valence-electron chi connectivity index (χ4n) is 2.81. The minimum absolute atomic E-state index is 0.498. The van der Waals surface area contributed by atoms with Crippen LogP contribution in [0.5, 0.6) is 0 Å². The molecule has 3 atom stereocenters.